The number of hydrogen-bond donors (Lipinski definition) is 3. The van der Waals surface area contributed by atoms with E-state index in [0.717, 1.165) is 6.42 Å². The molecular weight excluding hydrogens is 208 g/mol. The Kier molecular flexibility index (Phi) is 3.78. The second-order valence-electron chi connectivity index (χ2n) is 5.39. The van der Waals surface area contributed by atoms with Crippen LogP contribution in [-0.4, -0.2) is 28.7 Å². The Hall–Kier alpha value is -1.26. The molecule has 0 saturated heterocycles. The molecule has 0 aromatic carbocycles. The quantitative estimate of drug-likeness (QED) is 0.667. The van der Waals surface area contributed by atoms with Gasteiger partial charge in [0, 0.05) is 11.6 Å². The summed E-state index contributed by atoms with van der Waals surface area (Å²) in [5.41, 5.74) is -0.269. The van der Waals surface area contributed by atoms with E-state index in [-0.39, 0.29) is 23.5 Å². The summed E-state index contributed by atoms with van der Waals surface area (Å²) in [7, 11) is 0. The van der Waals surface area contributed by atoms with Crippen LogP contribution in [0.1, 0.15) is 40.0 Å². The van der Waals surface area contributed by atoms with Crippen LogP contribution >= 0.6 is 0 Å². The van der Waals surface area contributed by atoms with E-state index < -0.39 is 5.97 Å². The molecule has 5 nitrogen and oxygen atoms in total. The minimum Gasteiger partial charge on any atom is -0.481 e. The Bertz CT molecular complexity index is 283. The molecule has 0 aliphatic heterocycles. The topological polar surface area (TPSA) is 78.4 Å². The fourth-order valence-electron chi connectivity index (χ4n) is 1.90. The molecule has 0 bridgehead atoms. The molecule has 3 N–H and O–H groups in total. The third-order valence-corrected chi connectivity index (χ3v) is 2.61. The Balaban J connectivity index is 2.34. The van der Waals surface area contributed by atoms with Gasteiger partial charge in [-0.1, -0.05) is 0 Å². The van der Waals surface area contributed by atoms with Crippen LogP contribution in [-0.2, 0) is 4.79 Å². The molecule has 0 aromatic heterocycles. The second-order valence-corrected chi connectivity index (χ2v) is 5.39. The molecule has 2 atom stereocenters. The van der Waals surface area contributed by atoms with Crippen molar-refractivity contribution in [3.8, 4) is 0 Å². The largest absolute Gasteiger partial charge is 0.481 e. The van der Waals surface area contributed by atoms with E-state index in [1.807, 2.05) is 20.8 Å². The molecule has 0 spiro atoms. The van der Waals surface area contributed by atoms with Crippen LogP contribution in [0, 0.1) is 5.92 Å². The summed E-state index contributed by atoms with van der Waals surface area (Å²) in [5, 5.41) is 14.4. The number of hydrogen-bond acceptors (Lipinski definition) is 2. The Labute approximate surface area is 95.6 Å². The Morgan fingerprint density at radius 2 is 1.88 bits per heavy atom. The highest BCUT2D eigenvalue weighted by Gasteiger charge is 2.30. The van der Waals surface area contributed by atoms with Gasteiger partial charge in [-0.3, -0.25) is 4.79 Å². The van der Waals surface area contributed by atoms with Gasteiger partial charge in [-0.15, -0.1) is 0 Å². The monoisotopic (exact) mass is 228 g/mol. The molecule has 0 radical (unpaired) electrons. The lowest BCUT2D eigenvalue weighted by molar-refractivity contribution is -0.141. The average molecular weight is 228 g/mol. The molecule has 0 aromatic rings. The van der Waals surface area contributed by atoms with E-state index in [4.69, 9.17) is 5.11 Å². The third kappa shape index (κ3) is 4.08. The maximum Gasteiger partial charge on any atom is 0.315 e. The molecule has 1 saturated carbocycles. The smallest absolute Gasteiger partial charge is 0.315 e. The van der Waals surface area contributed by atoms with Gasteiger partial charge in [-0.2, -0.15) is 0 Å². The van der Waals surface area contributed by atoms with E-state index in [1.54, 1.807) is 0 Å². The zero-order valence-electron chi connectivity index (χ0n) is 10.0. The van der Waals surface area contributed by atoms with Gasteiger partial charge >= 0.3 is 12.0 Å². The number of carbonyl (C=O) groups excluding carboxylic acids is 1. The van der Waals surface area contributed by atoms with Crippen molar-refractivity contribution in [1.29, 1.82) is 0 Å². The summed E-state index contributed by atoms with van der Waals surface area (Å²) in [6.07, 6.45) is 1.93. The van der Waals surface area contributed by atoms with Crippen LogP contribution in [0.4, 0.5) is 4.79 Å². The molecule has 5 heteroatoms. The summed E-state index contributed by atoms with van der Waals surface area (Å²) in [5.74, 6) is -1.07. The first kappa shape index (κ1) is 12.8. The summed E-state index contributed by atoms with van der Waals surface area (Å²) in [6, 6.07) is -0.230. The standard InChI is InChI=1S/C11H20N2O3/c1-11(2,3)13-10(16)12-8-5-4-7(6-8)9(14)15/h7-8H,4-6H2,1-3H3,(H,14,15)(H2,12,13,16)/t7-,8+/m1/s1. The van der Waals surface area contributed by atoms with Crippen molar-refractivity contribution < 1.29 is 14.7 Å². The molecule has 0 unspecified atom stereocenters. The van der Waals surface area contributed by atoms with Gasteiger partial charge in [0.05, 0.1) is 5.92 Å². The number of amides is 2. The van der Waals surface area contributed by atoms with E-state index in [0.29, 0.717) is 12.8 Å². The van der Waals surface area contributed by atoms with Gasteiger partial charge in [-0.25, -0.2) is 4.79 Å². The van der Waals surface area contributed by atoms with Crippen molar-refractivity contribution in [1.82, 2.24) is 10.6 Å². The number of carbonyl (C=O) groups is 2. The van der Waals surface area contributed by atoms with E-state index in [2.05, 4.69) is 10.6 Å². The van der Waals surface area contributed by atoms with Gasteiger partial charge in [0.1, 0.15) is 0 Å². The number of urea groups is 1. The van der Waals surface area contributed by atoms with Crippen LogP contribution in [0.3, 0.4) is 0 Å². The van der Waals surface area contributed by atoms with Crippen molar-refractivity contribution in [3.05, 3.63) is 0 Å². The van der Waals surface area contributed by atoms with E-state index in [9.17, 15) is 9.59 Å². The number of carboxylic acids is 1. The summed E-state index contributed by atoms with van der Waals surface area (Å²) in [4.78, 5) is 22.3. The molecule has 1 aliphatic carbocycles. The highest BCUT2D eigenvalue weighted by Crippen LogP contribution is 2.25. The molecule has 2 amide bonds. The fourth-order valence-corrected chi connectivity index (χ4v) is 1.90. The lowest BCUT2D eigenvalue weighted by Gasteiger charge is -2.22. The molecule has 1 fully saturated rings. The number of rotatable bonds is 2. The van der Waals surface area contributed by atoms with E-state index in [1.165, 1.54) is 0 Å². The average Bonchev–Trinajstić information content (AvgIpc) is 2.48. The summed E-state index contributed by atoms with van der Waals surface area (Å²) >= 11 is 0. The number of nitrogens with one attached hydrogen (secondary N) is 2. The van der Waals surface area contributed by atoms with Gasteiger partial charge in [0.25, 0.3) is 0 Å². The zero-order valence-corrected chi connectivity index (χ0v) is 10.0. The van der Waals surface area contributed by atoms with Crippen LogP contribution in [0.25, 0.3) is 0 Å². The Morgan fingerprint density at radius 3 is 2.31 bits per heavy atom. The van der Waals surface area contributed by atoms with Crippen LogP contribution in [0.2, 0.25) is 0 Å². The molecule has 1 rings (SSSR count). The van der Waals surface area contributed by atoms with Gasteiger partial charge in [-0.05, 0) is 40.0 Å². The summed E-state index contributed by atoms with van der Waals surface area (Å²) < 4.78 is 0. The zero-order chi connectivity index (χ0) is 12.3. The lowest BCUT2D eigenvalue weighted by atomic mass is 10.1. The predicted octanol–water partition coefficient (Wildman–Crippen LogP) is 1.34. The van der Waals surface area contributed by atoms with E-state index >= 15 is 0 Å². The van der Waals surface area contributed by atoms with Gasteiger partial charge < -0.3 is 15.7 Å². The molecule has 92 valence electrons. The number of carboxylic acid groups (broad SMARTS) is 1. The van der Waals surface area contributed by atoms with Crippen LogP contribution < -0.4 is 10.6 Å². The van der Waals surface area contributed by atoms with Crippen LogP contribution in [0.5, 0.6) is 0 Å². The summed E-state index contributed by atoms with van der Waals surface area (Å²) in [6.45, 7) is 5.71. The minimum absolute atomic E-state index is 0.0107. The van der Waals surface area contributed by atoms with Crippen molar-refractivity contribution in [2.45, 2.75) is 51.6 Å². The highest BCUT2D eigenvalue weighted by atomic mass is 16.4. The predicted molar refractivity (Wildman–Crippen MR) is 60.2 cm³/mol. The van der Waals surface area contributed by atoms with Crippen LogP contribution in [0.15, 0.2) is 0 Å². The van der Waals surface area contributed by atoms with Crippen molar-refractivity contribution in [2.75, 3.05) is 0 Å². The van der Waals surface area contributed by atoms with Crippen molar-refractivity contribution in [2.24, 2.45) is 5.92 Å². The maximum absolute atomic E-state index is 11.5. The first-order chi connectivity index (χ1) is 7.28. The third-order valence-electron chi connectivity index (χ3n) is 2.61. The molecule has 16 heavy (non-hydrogen) atoms. The maximum atomic E-state index is 11.5. The van der Waals surface area contributed by atoms with Crippen molar-refractivity contribution >= 4 is 12.0 Å². The van der Waals surface area contributed by atoms with Gasteiger partial charge in [0.15, 0.2) is 0 Å². The molecular formula is C11H20N2O3. The lowest BCUT2D eigenvalue weighted by Crippen LogP contribution is -2.49. The molecule has 1 aliphatic rings. The normalized spacial score (nSPS) is 25.2. The first-order valence-electron chi connectivity index (χ1n) is 5.59. The number of aliphatic carboxylic acids is 1. The fraction of sp³-hybridized carbons (Fsp3) is 0.818. The minimum atomic E-state index is -0.763. The SMILES string of the molecule is CC(C)(C)NC(=O)N[C@H]1CC[C@@H](C(=O)O)C1. The molecule has 0 heterocycles. The van der Waals surface area contributed by atoms with Crippen molar-refractivity contribution in [3.63, 3.8) is 0 Å². The van der Waals surface area contributed by atoms with Gasteiger partial charge in [0.2, 0.25) is 0 Å². The highest BCUT2D eigenvalue weighted by molar-refractivity contribution is 5.75. The second kappa shape index (κ2) is 4.72. The Morgan fingerprint density at radius 1 is 1.25 bits per heavy atom. The first-order valence-corrected chi connectivity index (χ1v) is 5.59.